The van der Waals surface area contributed by atoms with Crippen LogP contribution in [0.25, 0.3) is 0 Å². The van der Waals surface area contributed by atoms with Gasteiger partial charge in [0.25, 0.3) is 0 Å². The molecule has 0 saturated carbocycles. The van der Waals surface area contributed by atoms with Crippen molar-refractivity contribution in [2.45, 2.75) is 31.7 Å². The summed E-state index contributed by atoms with van der Waals surface area (Å²) in [7, 11) is 0. The van der Waals surface area contributed by atoms with Gasteiger partial charge in [0.1, 0.15) is 0 Å². The number of piperidine rings is 1. The van der Waals surface area contributed by atoms with Gasteiger partial charge in [-0.1, -0.05) is 36.8 Å². The summed E-state index contributed by atoms with van der Waals surface area (Å²) >= 11 is 0. The number of hydrogen-bond acceptors (Lipinski definition) is 3. The van der Waals surface area contributed by atoms with Crippen LogP contribution in [-0.4, -0.2) is 55.7 Å². The molecule has 0 aliphatic carbocycles. The number of hydrogen-bond donors (Lipinski definition) is 0. The molecular formula is C18H28N2O. The molecule has 0 bridgehead atoms. The molecule has 3 heteroatoms. The van der Waals surface area contributed by atoms with Gasteiger partial charge in [0.15, 0.2) is 0 Å². The van der Waals surface area contributed by atoms with Crippen molar-refractivity contribution in [3.63, 3.8) is 0 Å². The van der Waals surface area contributed by atoms with Crippen LogP contribution in [-0.2, 0) is 4.74 Å². The van der Waals surface area contributed by atoms with Gasteiger partial charge in [-0.3, -0.25) is 9.80 Å². The molecule has 2 fully saturated rings. The van der Waals surface area contributed by atoms with Gasteiger partial charge in [-0.25, -0.2) is 0 Å². The molecule has 1 atom stereocenters. The number of likely N-dealkylation sites (tertiary alicyclic amines) is 1. The molecule has 0 radical (unpaired) electrons. The molecule has 1 unspecified atom stereocenters. The van der Waals surface area contributed by atoms with Crippen LogP contribution in [0, 0.1) is 0 Å². The molecule has 3 rings (SSSR count). The minimum atomic E-state index is 0.628. The highest BCUT2D eigenvalue weighted by atomic mass is 16.5. The molecule has 2 aliphatic rings. The van der Waals surface area contributed by atoms with Crippen LogP contribution >= 0.6 is 0 Å². The molecule has 2 saturated heterocycles. The van der Waals surface area contributed by atoms with E-state index in [1.54, 1.807) is 0 Å². The predicted octanol–water partition coefficient (Wildman–Crippen LogP) is 2.94. The van der Waals surface area contributed by atoms with Crippen LogP contribution in [0.1, 0.15) is 37.3 Å². The summed E-state index contributed by atoms with van der Waals surface area (Å²) in [5.74, 6) is 0. The molecule has 0 spiro atoms. The fraction of sp³-hybridized carbons (Fsp3) is 0.667. The average Bonchev–Trinajstić information content (AvgIpc) is 2.83. The topological polar surface area (TPSA) is 15.7 Å². The molecule has 2 aliphatic heterocycles. The van der Waals surface area contributed by atoms with E-state index in [4.69, 9.17) is 4.74 Å². The fourth-order valence-electron chi connectivity index (χ4n) is 3.60. The van der Waals surface area contributed by atoms with Crippen molar-refractivity contribution in [3.8, 4) is 0 Å². The molecule has 0 aromatic heterocycles. The van der Waals surface area contributed by atoms with Gasteiger partial charge in [0, 0.05) is 38.8 Å². The van der Waals surface area contributed by atoms with Gasteiger partial charge < -0.3 is 4.74 Å². The van der Waals surface area contributed by atoms with Crippen LogP contribution in [0.5, 0.6) is 0 Å². The Labute approximate surface area is 128 Å². The molecule has 0 amide bonds. The summed E-state index contributed by atoms with van der Waals surface area (Å²) in [6, 6.07) is 11.7. The Bertz CT molecular complexity index is 401. The largest absolute Gasteiger partial charge is 0.380 e. The van der Waals surface area contributed by atoms with Gasteiger partial charge in [0.05, 0.1) is 6.61 Å². The zero-order valence-corrected chi connectivity index (χ0v) is 13.0. The van der Waals surface area contributed by atoms with E-state index in [0.717, 1.165) is 19.8 Å². The first-order valence-corrected chi connectivity index (χ1v) is 8.52. The second-order valence-corrected chi connectivity index (χ2v) is 6.27. The van der Waals surface area contributed by atoms with E-state index >= 15 is 0 Å². The number of ether oxygens (including phenoxy) is 1. The Morgan fingerprint density at radius 3 is 2.71 bits per heavy atom. The number of nitrogens with zero attached hydrogens (tertiary/aromatic N) is 2. The van der Waals surface area contributed by atoms with Gasteiger partial charge in [-0.2, -0.15) is 0 Å². The van der Waals surface area contributed by atoms with Crippen LogP contribution in [0.15, 0.2) is 30.3 Å². The van der Waals surface area contributed by atoms with E-state index in [1.165, 1.54) is 57.4 Å². The molecule has 1 aromatic rings. The summed E-state index contributed by atoms with van der Waals surface area (Å²) in [6.45, 7) is 7.78. The smallest absolute Gasteiger partial charge is 0.0593 e. The van der Waals surface area contributed by atoms with E-state index in [1.807, 2.05) is 0 Å². The Balaban J connectivity index is 1.56. The van der Waals surface area contributed by atoms with Crippen molar-refractivity contribution in [2.24, 2.45) is 0 Å². The number of benzene rings is 1. The molecule has 1 aromatic carbocycles. The van der Waals surface area contributed by atoms with Crippen LogP contribution in [0.4, 0.5) is 0 Å². The van der Waals surface area contributed by atoms with Crippen molar-refractivity contribution in [1.82, 2.24) is 9.80 Å². The lowest BCUT2D eigenvalue weighted by Gasteiger charge is -2.37. The lowest BCUT2D eigenvalue weighted by atomic mass is 9.95. The Hall–Kier alpha value is -0.900. The lowest BCUT2D eigenvalue weighted by Crippen LogP contribution is -2.40. The third-order valence-electron chi connectivity index (χ3n) is 4.82. The van der Waals surface area contributed by atoms with Crippen LogP contribution in [0.2, 0.25) is 0 Å². The van der Waals surface area contributed by atoms with Gasteiger partial charge in [-0.05, 0) is 31.4 Å². The first kappa shape index (κ1) is 15.0. The van der Waals surface area contributed by atoms with Gasteiger partial charge >= 0.3 is 0 Å². The normalized spacial score (nSPS) is 25.6. The van der Waals surface area contributed by atoms with E-state index in [2.05, 4.69) is 40.1 Å². The molecule has 0 N–H and O–H groups in total. The van der Waals surface area contributed by atoms with E-state index in [0.29, 0.717) is 6.04 Å². The summed E-state index contributed by atoms with van der Waals surface area (Å²) < 4.78 is 5.55. The zero-order valence-electron chi connectivity index (χ0n) is 13.0. The maximum atomic E-state index is 5.55. The molecule has 21 heavy (non-hydrogen) atoms. The molecular weight excluding hydrogens is 260 g/mol. The van der Waals surface area contributed by atoms with E-state index < -0.39 is 0 Å². The highest BCUT2D eigenvalue weighted by Crippen LogP contribution is 2.30. The summed E-state index contributed by atoms with van der Waals surface area (Å²) in [4.78, 5) is 5.27. The summed E-state index contributed by atoms with van der Waals surface area (Å²) in [5, 5.41) is 0. The standard InChI is InChI=1S/C18H28N2O/c1-2-7-17(8-3-1)18-9-4-5-11-20(18)13-12-19-10-6-15-21-16-14-19/h1-3,7-8,18H,4-6,9-16H2. The second-order valence-electron chi connectivity index (χ2n) is 6.27. The highest BCUT2D eigenvalue weighted by molar-refractivity contribution is 5.19. The Kier molecular flexibility index (Phi) is 5.67. The molecule has 116 valence electrons. The second kappa shape index (κ2) is 7.92. The minimum Gasteiger partial charge on any atom is -0.380 e. The summed E-state index contributed by atoms with van der Waals surface area (Å²) in [5.41, 5.74) is 1.50. The van der Waals surface area contributed by atoms with Crippen molar-refractivity contribution in [2.75, 3.05) is 45.9 Å². The third-order valence-corrected chi connectivity index (χ3v) is 4.82. The lowest BCUT2D eigenvalue weighted by molar-refractivity contribution is 0.117. The minimum absolute atomic E-state index is 0.628. The van der Waals surface area contributed by atoms with Crippen molar-refractivity contribution >= 4 is 0 Å². The van der Waals surface area contributed by atoms with Gasteiger partial charge in [-0.15, -0.1) is 0 Å². The number of rotatable bonds is 4. The third kappa shape index (κ3) is 4.29. The Morgan fingerprint density at radius 2 is 1.81 bits per heavy atom. The van der Waals surface area contributed by atoms with E-state index in [9.17, 15) is 0 Å². The van der Waals surface area contributed by atoms with Crippen LogP contribution in [0.3, 0.4) is 0 Å². The molecule has 3 nitrogen and oxygen atoms in total. The van der Waals surface area contributed by atoms with Crippen LogP contribution < -0.4 is 0 Å². The predicted molar refractivity (Wildman–Crippen MR) is 86.5 cm³/mol. The monoisotopic (exact) mass is 288 g/mol. The molecule has 2 heterocycles. The quantitative estimate of drug-likeness (QED) is 0.847. The van der Waals surface area contributed by atoms with Crippen molar-refractivity contribution in [3.05, 3.63) is 35.9 Å². The maximum Gasteiger partial charge on any atom is 0.0593 e. The van der Waals surface area contributed by atoms with Crippen molar-refractivity contribution < 1.29 is 4.74 Å². The van der Waals surface area contributed by atoms with E-state index in [-0.39, 0.29) is 0 Å². The average molecular weight is 288 g/mol. The SMILES string of the molecule is c1ccc(C2CCCCN2CCN2CCCOCC2)cc1. The first-order valence-electron chi connectivity index (χ1n) is 8.52. The highest BCUT2D eigenvalue weighted by Gasteiger charge is 2.24. The fourth-order valence-corrected chi connectivity index (χ4v) is 3.60. The maximum absolute atomic E-state index is 5.55. The van der Waals surface area contributed by atoms with Gasteiger partial charge in [0.2, 0.25) is 0 Å². The Morgan fingerprint density at radius 1 is 0.905 bits per heavy atom. The van der Waals surface area contributed by atoms with Crippen molar-refractivity contribution in [1.29, 1.82) is 0 Å². The summed E-state index contributed by atoms with van der Waals surface area (Å²) in [6.07, 6.45) is 5.22. The first-order chi connectivity index (χ1) is 10.4. The zero-order chi connectivity index (χ0) is 14.3.